The highest BCUT2D eigenvalue weighted by Gasteiger charge is 2.20. The van der Waals surface area contributed by atoms with Crippen LogP contribution in [0.15, 0.2) is 45.7 Å². The Bertz CT molecular complexity index is 781. The molecule has 2 amide bonds. The molecule has 1 fully saturated rings. The summed E-state index contributed by atoms with van der Waals surface area (Å²) in [6.07, 6.45) is 2.17. The van der Waals surface area contributed by atoms with Gasteiger partial charge in [0.25, 0.3) is 5.91 Å². The molecule has 0 spiro atoms. The molecule has 1 aromatic heterocycles. The molecule has 0 saturated carbocycles. The Labute approximate surface area is 158 Å². The number of furan rings is 1. The minimum absolute atomic E-state index is 0.141. The van der Waals surface area contributed by atoms with E-state index in [1.165, 1.54) is 11.8 Å². The van der Waals surface area contributed by atoms with Crippen molar-refractivity contribution in [3.05, 3.63) is 53.5 Å². The van der Waals surface area contributed by atoms with Crippen LogP contribution in [-0.2, 0) is 4.79 Å². The van der Waals surface area contributed by atoms with E-state index < -0.39 is 0 Å². The number of benzene rings is 1. The molecule has 1 atom stereocenters. The van der Waals surface area contributed by atoms with Crippen LogP contribution in [0.3, 0.4) is 0 Å². The maximum Gasteiger partial charge on any atom is 0.252 e. The molecule has 0 bridgehead atoms. The van der Waals surface area contributed by atoms with Crippen LogP contribution in [0.4, 0.5) is 0 Å². The monoisotopic (exact) mass is 372 g/mol. The third kappa shape index (κ3) is 4.49. The van der Waals surface area contributed by atoms with Crippen LogP contribution in [0.2, 0.25) is 0 Å². The second-order valence-electron chi connectivity index (χ2n) is 6.52. The molecule has 1 aliphatic heterocycles. The Kier molecular flexibility index (Phi) is 6.04. The third-order valence-corrected chi connectivity index (χ3v) is 5.54. The predicted octanol–water partition coefficient (Wildman–Crippen LogP) is 3.79. The Morgan fingerprint density at radius 1 is 1.19 bits per heavy atom. The molecule has 3 rings (SSSR count). The zero-order valence-electron chi connectivity index (χ0n) is 15.2. The van der Waals surface area contributed by atoms with E-state index in [4.69, 9.17) is 4.42 Å². The molecular formula is C20H24N2O3S. The van der Waals surface area contributed by atoms with Gasteiger partial charge in [0, 0.05) is 18.0 Å². The lowest BCUT2D eigenvalue weighted by atomic mass is 10.2. The number of rotatable bonds is 6. The summed E-state index contributed by atoms with van der Waals surface area (Å²) in [6.45, 7) is 5.47. The quantitative estimate of drug-likeness (QED) is 0.784. The fourth-order valence-electron chi connectivity index (χ4n) is 3.01. The number of amides is 2. The summed E-state index contributed by atoms with van der Waals surface area (Å²) in [6, 6.07) is 10.9. The summed E-state index contributed by atoms with van der Waals surface area (Å²) < 4.78 is 5.58. The second kappa shape index (κ2) is 8.45. The maximum absolute atomic E-state index is 12.7. The van der Waals surface area contributed by atoms with Gasteiger partial charge in [0.1, 0.15) is 11.5 Å². The van der Waals surface area contributed by atoms with E-state index in [1.807, 2.05) is 49.1 Å². The van der Waals surface area contributed by atoms with Gasteiger partial charge in [-0.15, -0.1) is 11.8 Å². The molecular weight excluding hydrogens is 348 g/mol. The average molecular weight is 372 g/mol. The zero-order chi connectivity index (χ0) is 18.5. The summed E-state index contributed by atoms with van der Waals surface area (Å²) in [5.74, 6) is 1.88. The second-order valence-corrected chi connectivity index (χ2v) is 7.53. The molecule has 1 saturated heterocycles. The minimum atomic E-state index is -0.222. The molecule has 6 heteroatoms. The minimum Gasteiger partial charge on any atom is -0.464 e. The smallest absolute Gasteiger partial charge is 0.252 e. The number of likely N-dealkylation sites (tertiary alicyclic amines) is 1. The number of carbonyl (C=O) groups is 2. The molecule has 26 heavy (non-hydrogen) atoms. The molecule has 1 unspecified atom stereocenters. The first-order chi connectivity index (χ1) is 12.5. The standard InChI is InChI=1S/C20H24N2O3S/c1-14-9-10-17(25-14)15(2)21-20(24)16-7-3-4-8-18(16)26-13-19(23)22-11-5-6-12-22/h3-4,7-10,15H,5-6,11-13H2,1-2H3,(H,21,24). The van der Waals surface area contributed by atoms with Crippen molar-refractivity contribution in [3.8, 4) is 0 Å². The topological polar surface area (TPSA) is 62.6 Å². The Morgan fingerprint density at radius 3 is 2.62 bits per heavy atom. The lowest BCUT2D eigenvalue weighted by molar-refractivity contribution is -0.127. The molecule has 0 aliphatic carbocycles. The van der Waals surface area contributed by atoms with Crippen LogP contribution >= 0.6 is 11.8 Å². The van der Waals surface area contributed by atoms with E-state index in [0.29, 0.717) is 11.3 Å². The first kappa shape index (κ1) is 18.6. The van der Waals surface area contributed by atoms with Crippen molar-refractivity contribution in [2.75, 3.05) is 18.8 Å². The van der Waals surface area contributed by atoms with Crippen molar-refractivity contribution in [1.82, 2.24) is 10.2 Å². The number of nitrogens with one attached hydrogen (secondary N) is 1. The van der Waals surface area contributed by atoms with E-state index in [2.05, 4.69) is 5.32 Å². The Balaban J connectivity index is 1.64. The van der Waals surface area contributed by atoms with E-state index in [-0.39, 0.29) is 17.9 Å². The number of nitrogens with zero attached hydrogens (tertiary/aromatic N) is 1. The SMILES string of the molecule is Cc1ccc(C(C)NC(=O)c2ccccc2SCC(=O)N2CCCC2)o1. The van der Waals surface area contributed by atoms with E-state index >= 15 is 0 Å². The normalized spacial score (nSPS) is 15.1. The van der Waals surface area contributed by atoms with Gasteiger partial charge in [-0.1, -0.05) is 12.1 Å². The van der Waals surface area contributed by atoms with Gasteiger partial charge in [-0.05, 0) is 51.0 Å². The van der Waals surface area contributed by atoms with Crippen molar-refractivity contribution >= 4 is 23.6 Å². The lowest BCUT2D eigenvalue weighted by Crippen LogP contribution is -2.29. The van der Waals surface area contributed by atoms with Gasteiger partial charge in [-0.3, -0.25) is 9.59 Å². The number of hydrogen-bond acceptors (Lipinski definition) is 4. The van der Waals surface area contributed by atoms with Crippen LogP contribution in [-0.4, -0.2) is 35.6 Å². The van der Waals surface area contributed by atoms with Crippen LogP contribution in [0, 0.1) is 6.92 Å². The summed E-state index contributed by atoms with van der Waals surface area (Å²) in [7, 11) is 0. The van der Waals surface area contributed by atoms with Crippen molar-refractivity contribution in [2.24, 2.45) is 0 Å². The van der Waals surface area contributed by atoms with Crippen LogP contribution in [0.25, 0.3) is 0 Å². The highest BCUT2D eigenvalue weighted by molar-refractivity contribution is 8.00. The number of aryl methyl sites for hydroxylation is 1. The Hall–Kier alpha value is -2.21. The van der Waals surface area contributed by atoms with Gasteiger partial charge in [-0.2, -0.15) is 0 Å². The van der Waals surface area contributed by atoms with Gasteiger partial charge >= 0.3 is 0 Å². The predicted molar refractivity (Wildman–Crippen MR) is 102 cm³/mol. The van der Waals surface area contributed by atoms with Gasteiger partial charge in [0.2, 0.25) is 5.91 Å². The molecule has 2 heterocycles. The summed E-state index contributed by atoms with van der Waals surface area (Å²) in [4.78, 5) is 27.7. The summed E-state index contributed by atoms with van der Waals surface area (Å²) >= 11 is 1.42. The molecule has 1 aliphatic rings. The van der Waals surface area contributed by atoms with Crippen molar-refractivity contribution < 1.29 is 14.0 Å². The molecule has 2 aromatic rings. The molecule has 1 aromatic carbocycles. The van der Waals surface area contributed by atoms with Crippen molar-refractivity contribution in [1.29, 1.82) is 0 Å². The zero-order valence-corrected chi connectivity index (χ0v) is 16.0. The fourth-order valence-corrected chi connectivity index (χ4v) is 3.96. The highest BCUT2D eigenvalue weighted by atomic mass is 32.2. The van der Waals surface area contributed by atoms with Gasteiger partial charge in [0.15, 0.2) is 0 Å². The van der Waals surface area contributed by atoms with E-state index in [9.17, 15) is 9.59 Å². The third-order valence-electron chi connectivity index (χ3n) is 4.48. The maximum atomic E-state index is 12.7. The average Bonchev–Trinajstić information content (AvgIpc) is 3.31. The number of thioether (sulfide) groups is 1. The van der Waals surface area contributed by atoms with Crippen LogP contribution < -0.4 is 5.32 Å². The summed E-state index contributed by atoms with van der Waals surface area (Å²) in [5.41, 5.74) is 0.585. The van der Waals surface area contributed by atoms with Gasteiger partial charge < -0.3 is 14.6 Å². The van der Waals surface area contributed by atoms with Crippen LogP contribution in [0.1, 0.15) is 47.7 Å². The van der Waals surface area contributed by atoms with E-state index in [0.717, 1.165) is 42.3 Å². The molecule has 5 nitrogen and oxygen atoms in total. The first-order valence-corrected chi connectivity index (χ1v) is 9.90. The lowest BCUT2D eigenvalue weighted by Gasteiger charge is -2.16. The molecule has 1 N–H and O–H groups in total. The largest absolute Gasteiger partial charge is 0.464 e. The molecule has 0 radical (unpaired) electrons. The van der Waals surface area contributed by atoms with Gasteiger partial charge in [-0.25, -0.2) is 0 Å². The van der Waals surface area contributed by atoms with E-state index in [1.54, 1.807) is 6.07 Å². The highest BCUT2D eigenvalue weighted by Crippen LogP contribution is 2.25. The molecule has 138 valence electrons. The number of hydrogen-bond donors (Lipinski definition) is 1. The Morgan fingerprint density at radius 2 is 1.92 bits per heavy atom. The first-order valence-electron chi connectivity index (χ1n) is 8.91. The van der Waals surface area contributed by atoms with Crippen LogP contribution in [0.5, 0.6) is 0 Å². The van der Waals surface area contributed by atoms with Gasteiger partial charge in [0.05, 0.1) is 17.4 Å². The van der Waals surface area contributed by atoms with Crippen molar-refractivity contribution in [3.63, 3.8) is 0 Å². The number of carbonyl (C=O) groups excluding carboxylic acids is 2. The van der Waals surface area contributed by atoms with Crippen molar-refractivity contribution in [2.45, 2.75) is 37.6 Å². The summed E-state index contributed by atoms with van der Waals surface area (Å²) in [5, 5.41) is 2.97. The fraction of sp³-hybridized carbons (Fsp3) is 0.400.